The largest absolute Gasteiger partial charge is 0.377 e. The molecule has 0 unspecified atom stereocenters. The Labute approximate surface area is 112 Å². The number of hydrogen-bond acceptors (Lipinski definition) is 4. The van der Waals surface area contributed by atoms with Crippen molar-refractivity contribution in [1.82, 2.24) is 9.88 Å². The van der Waals surface area contributed by atoms with Crippen molar-refractivity contribution in [2.45, 2.75) is 31.1 Å². The van der Waals surface area contributed by atoms with Crippen molar-refractivity contribution in [3.63, 3.8) is 0 Å². The smallest absolute Gasteiger partial charge is 0.254 e. The van der Waals surface area contributed by atoms with Crippen LogP contribution in [0.4, 0.5) is 0 Å². The van der Waals surface area contributed by atoms with Crippen molar-refractivity contribution in [2.24, 2.45) is 0 Å². The van der Waals surface area contributed by atoms with Gasteiger partial charge in [0.15, 0.2) is 0 Å². The Hall–Kier alpha value is -1.46. The molecule has 0 saturated carbocycles. The fourth-order valence-electron chi connectivity index (χ4n) is 3.01. The molecule has 102 valence electrons. The van der Waals surface area contributed by atoms with Gasteiger partial charge >= 0.3 is 0 Å². The fourth-order valence-corrected chi connectivity index (χ4v) is 3.01. The average Bonchev–Trinajstić information content (AvgIpc) is 2.86. The maximum absolute atomic E-state index is 12.6. The van der Waals surface area contributed by atoms with E-state index < -0.39 is 0 Å². The third kappa shape index (κ3) is 2.24. The summed E-state index contributed by atoms with van der Waals surface area (Å²) in [7, 11) is 1.68. The molecule has 1 aromatic rings. The summed E-state index contributed by atoms with van der Waals surface area (Å²) in [6.07, 6.45) is 5.28. The molecule has 2 saturated heterocycles. The van der Waals surface area contributed by atoms with Crippen LogP contribution >= 0.6 is 0 Å². The Bertz CT molecular complexity index is 451. The van der Waals surface area contributed by atoms with E-state index in [9.17, 15) is 4.79 Å². The highest BCUT2D eigenvalue weighted by Crippen LogP contribution is 2.31. The van der Waals surface area contributed by atoms with Crippen molar-refractivity contribution >= 4 is 5.91 Å². The standard InChI is InChI=1S/C14H18N2O3/c1-18-12-9-16(11-3-2-8-19-13(11)12)14(17)10-4-6-15-7-5-10/h4-7,11-13H,2-3,8-9H2,1H3/t11-,12+,13+/m1/s1. The molecule has 0 radical (unpaired) electrons. The van der Waals surface area contributed by atoms with Crippen LogP contribution in [-0.4, -0.2) is 54.3 Å². The van der Waals surface area contributed by atoms with E-state index in [2.05, 4.69) is 4.98 Å². The van der Waals surface area contributed by atoms with Crippen LogP contribution in [0.5, 0.6) is 0 Å². The molecule has 3 atom stereocenters. The quantitative estimate of drug-likeness (QED) is 0.801. The molecular formula is C14H18N2O3. The summed E-state index contributed by atoms with van der Waals surface area (Å²) in [6, 6.07) is 3.64. The molecule has 5 nitrogen and oxygen atoms in total. The molecule has 2 aliphatic rings. The average molecular weight is 262 g/mol. The topological polar surface area (TPSA) is 51.7 Å². The molecule has 2 fully saturated rings. The lowest BCUT2D eigenvalue weighted by atomic mass is 10.0. The number of pyridine rings is 1. The molecule has 1 amide bonds. The van der Waals surface area contributed by atoms with Gasteiger partial charge in [0.1, 0.15) is 12.2 Å². The molecule has 0 aromatic carbocycles. The number of likely N-dealkylation sites (tertiary alicyclic amines) is 1. The first-order valence-electron chi connectivity index (χ1n) is 6.66. The van der Waals surface area contributed by atoms with Crippen LogP contribution in [0.2, 0.25) is 0 Å². The Morgan fingerprint density at radius 1 is 1.47 bits per heavy atom. The van der Waals surface area contributed by atoms with Crippen molar-refractivity contribution in [1.29, 1.82) is 0 Å². The SMILES string of the molecule is CO[C@H]1CN(C(=O)c2ccncc2)[C@@H]2CCCO[C@H]12. The van der Waals surface area contributed by atoms with Gasteiger partial charge in [0.25, 0.3) is 5.91 Å². The second-order valence-electron chi connectivity index (χ2n) is 5.01. The molecule has 19 heavy (non-hydrogen) atoms. The van der Waals surface area contributed by atoms with E-state index in [0.717, 1.165) is 19.4 Å². The number of nitrogens with zero attached hydrogens (tertiary/aromatic N) is 2. The van der Waals surface area contributed by atoms with Crippen molar-refractivity contribution in [2.75, 3.05) is 20.3 Å². The first kappa shape index (κ1) is 12.6. The minimum absolute atomic E-state index is 0.0175. The number of ether oxygens (including phenoxy) is 2. The summed E-state index contributed by atoms with van der Waals surface area (Å²) >= 11 is 0. The van der Waals surface area contributed by atoms with E-state index in [1.54, 1.807) is 31.6 Å². The maximum atomic E-state index is 12.6. The highest BCUT2D eigenvalue weighted by atomic mass is 16.5. The van der Waals surface area contributed by atoms with E-state index in [1.165, 1.54) is 0 Å². The second kappa shape index (κ2) is 5.27. The van der Waals surface area contributed by atoms with Crippen LogP contribution in [-0.2, 0) is 9.47 Å². The summed E-state index contributed by atoms with van der Waals surface area (Å²) in [5.41, 5.74) is 0.677. The van der Waals surface area contributed by atoms with Gasteiger partial charge in [-0.1, -0.05) is 0 Å². The number of methoxy groups -OCH3 is 1. The van der Waals surface area contributed by atoms with E-state index in [4.69, 9.17) is 9.47 Å². The Morgan fingerprint density at radius 3 is 3.00 bits per heavy atom. The van der Waals surface area contributed by atoms with E-state index in [0.29, 0.717) is 12.1 Å². The fraction of sp³-hybridized carbons (Fsp3) is 0.571. The van der Waals surface area contributed by atoms with Gasteiger partial charge in [0, 0.05) is 31.7 Å². The van der Waals surface area contributed by atoms with Gasteiger partial charge in [0.2, 0.25) is 0 Å². The van der Waals surface area contributed by atoms with Gasteiger partial charge in [0.05, 0.1) is 12.6 Å². The molecule has 0 N–H and O–H groups in total. The normalized spacial score (nSPS) is 30.2. The predicted molar refractivity (Wildman–Crippen MR) is 68.8 cm³/mol. The summed E-state index contributed by atoms with van der Waals surface area (Å²) in [4.78, 5) is 18.4. The van der Waals surface area contributed by atoms with Crippen LogP contribution in [0.1, 0.15) is 23.2 Å². The first-order valence-corrected chi connectivity index (χ1v) is 6.66. The third-order valence-electron chi connectivity index (χ3n) is 3.97. The highest BCUT2D eigenvalue weighted by molar-refractivity contribution is 5.94. The molecule has 0 bridgehead atoms. The summed E-state index contributed by atoms with van der Waals surface area (Å²) in [5, 5.41) is 0. The highest BCUT2D eigenvalue weighted by Gasteiger charge is 2.46. The minimum atomic E-state index is -0.0175. The second-order valence-corrected chi connectivity index (χ2v) is 5.01. The number of carbonyl (C=O) groups excluding carboxylic acids is 1. The van der Waals surface area contributed by atoms with E-state index >= 15 is 0 Å². The Morgan fingerprint density at radius 2 is 2.26 bits per heavy atom. The molecular weight excluding hydrogens is 244 g/mol. The zero-order chi connectivity index (χ0) is 13.2. The van der Waals surface area contributed by atoms with Gasteiger partial charge in [-0.15, -0.1) is 0 Å². The molecule has 3 rings (SSSR count). The summed E-state index contributed by atoms with van der Waals surface area (Å²) in [5.74, 6) is 0.0439. The van der Waals surface area contributed by atoms with Gasteiger partial charge in [-0.25, -0.2) is 0 Å². The number of amides is 1. The molecule has 3 heterocycles. The van der Waals surface area contributed by atoms with Crippen LogP contribution in [0.15, 0.2) is 24.5 Å². The zero-order valence-corrected chi connectivity index (χ0v) is 11.0. The van der Waals surface area contributed by atoms with Crippen LogP contribution in [0.25, 0.3) is 0 Å². The van der Waals surface area contributed by atoms with Gasteiger partial charge in [-0.3, -0.25) is 9.78 Å². The third-order valence-corrected chi connectivity index (χ3v) is 3.97. The predicted octanol–water partition coefficient (Wildman–Crippen LogP) is 1.10. The van der Waals surface area contributed by atoms with E-state index in [-0.39, 0.29) is 24.2 Å². The Balaban J connectivity index is 1.82. The van der Waals surface area contributed by atoms with Crippen LogP contribution < -0.4 is 0 Å². The number of hydrogen-bond donors (Lipinski definition) is 0. The minimum Gasteiger partial charge on any atom is -0.377 e. The molecule has 0 aliphatic carbocycles. The number of carbonyl (C=O) groups is 1. The molecule has 2 aliphatic heterocycles. The van der Waals surface area contributed by atoms with Crippen LogP contribution in [0, 0.1) is 0 Å². The molecule has 0 spiro atoms. The van der Waals surface area contributed by atoms with Gasteiger partial charge in [-0.05, 0) is 25.0 Å². The zero-order valence-electron chi connectivity index (χ0n) is 11.0. The molecule has 5 heteroatoms. The number of fused-ring (bicyclic) bond motifs is 1. The number of rotatable bonds is 2. The lowest BCUT2D eigenvalue weighted by molar-refractivity contribution is -0.0639. The Kier molecular flexibility index (Phi) is 3.48. The lowest BCUT2D eigenvalue weighted by Gasteiger charge is -2.32. The van der Waals surface area contributed by atoms with E-state index in [1.807, 2.05) is 4.90 Å². The summed E-state index contributed by atoms with van der Waals surface area (Å²) < 4.78 is 11.3. The number of aromatic nitrogens is 1. The van der Waals surface area contributed by atoms with Gasteiger partial charge in [-0.2, -0.15) is 0 Å². The molecule has 1 aromatic heterocycles. The summed E-state index contributed by atoms with van der Waals surface area (Å²) in [6.45, 7) is 1.37. The lowest BCUT2D eigenvalue weighted by Crippen LogP contribution is -2.43. The van der Waals surface area contributed by atoms with Gasteiger partial charge < -0.3 is 14.4 Å². The van der Waals surface area contributed by atoms with Crippen molar-refractivity contribution in [3.8, 4) is 0 Å². The van der Waals surface area contributed by atoms with Crippen molar-refractivity contribution < 1.29 is 14.3 Å². The maximum Gasteiger partial charge on any atom is 0.254 e. The monoisotopic (exact) mass is 262 g/mol. The first-order chi connectivity index (χ1) is 9.31. The van der Waals surface area contributed by atoms with Crippen LogP contribution in [0.3, 0.4) is 0 Å². The van der Waals surface area contributed by atoms with Crippen molar-refractivity contribution in [3.05, 3.63) is 30.1 Å².